The summed E-state index contributed by atoms with van der Waals surface area (Å²) >= 11 is 0. The minimum absolute atomic E-state index is 0.0644. The quantitative estimate of drug-likeness (QED) is 0.800. The van der Waals surface area contributed by atoms with Gasteiger partial charge in [0.2, 0.25) is 0 Å². The van der Waals surface area contributed by atoms with Gasteiger partial charge in [-0.15, -0.1) is 10.2 Å². The number of carbonyl (C=O) groups excluding carboxylic acids is 1. The number of fused-ring (bicyclic) bond motifs is 1. The van der Waals surface area contributed by atoms with Crippen LogP contribution in [0.4, 0.5) is 13.2 Å². The Morgan fingerprint density at radius 1 is 1.17 bits per heavy atom. The molecule has 24 heavy (non-hydrogen) atoms. The zero-order valence-corrected chi connectivity index (χ0v) is 12.6. The lowest BCUT2D eigenvalue weighted by Gasteiger charge is -2.13. The fourth-order valence-electron chi connectivity index (χ4n) is 2.34. The van der Waals surface area contributed by atoms with E-state index >= 15 is 0 Å². The average molecular weight is 334 g/mol. The van der Waals surface area contributed by atoms with Gasteiger partial charge in [-0.05, 0) is 37.3 Å². The molecule has 0 radical (unpaired) electrons. The highest BCUT2D eigenvalue weighted by atomic mass is 19.4. The number of aromatic nitrogens is 3. The van der Waals surface area contributed by atoms with Crippen LogP contribution < -0.4 is 5.32 Å². The van der Waals surface area contributed by atoms with Crippen molar-refractivity contribution in [2.75, 3.05) is 0 Å². The number of pyridine rings is 1. The first-order chi connectivity index (χ1) is 11.4. The number of hydrogen-bond acceptors (Lipinski definition) is 3. The number of alkyl halides is 3. The second kappa shape index (κ2) is 5.95. The third kappa shape index (κ3) is 3.08. The molecule has 0 bridgehead atoms. The molecule has 0 aliphatic heterocycles. The Balaban J connectivity index is 1.82. The van der Waals surface area contributed by atoms with Crippen molar-refractivity contribution in [3.8, 4) is 0 Å². The summed E-state index contributed by atoms with van der Waals surface area (Å²) in [5.41, 5.74) is -0.311. The second-order valence-corrected chi connectivity index (χ2v) is 5.26. The van der Waals surface area contributed by atoms with E-state index in [1.807, 2.05) is 0 Å². The molecule has 0 aliphatic carbocycles. The molecule has 2 aromatic heterocycles. The van der Waals surface area contributed by atoms with Gasteiger partial charge in [0, 0.05) is 11.8 Å². The predicted molar refractivity (Wildman–Crippen MR) is 80.3 cm³/mol. The second-order valence-electron chi connectivity index (χ2n) is 5.26. The summed E-state index contributed by atoms with van der Waals surface area (Å²) in [6, 6.07) is 9.12. The van der Waals surface area contributed by atoms with Crippen molar-refractivity contribution in [3.63, 3.8) is 0 Å². The Bertz CT molecular complexity index is 888. The van der Waals surface area contributed by atoms with E-state index in [4.69, 9.17) is 0 Å². The first-order valence-electron chi connectivity index (χ1n) is 7.14. The van der Waals surface area contributed by atoms with E-state index in [2.05, 4.69) is 15.5 Å². The molecule has 1 aromatic carbocycles. The van der Waals surface area contributed by atoms with Crippen molar-refractivity contribution >= 4 is 11.6 Å². The fourth-order valence-corrected chi connectivity index (χ4v) is 2.34. The maximum atomic E-state index is 12.7. The van der Waals surface area contributed by atoms with Crippen molar-refractivity contribution in [1.82, 2.24) is 19.9 Å². The fraction of sp³-hybridized carbons (Fsp3) is 0.188. The van der Waals surface area contributed by atoms with Crippen LogP contribution in [0, 0.1) is 0 Å². The van der Waals surface area contributed by atoms with Crippen LogP contribution in [-0.2, 0) is 6.18 Å². The molecule has 0 unspecified atom stereocenters. The van der Waals surface area contributed by atoms with E-state index in [9.17, 15) is 18.0 Å². The third-order valence-corrected chi connectivity index (χ3v) is 3.53. The lowest BCUT2D eigenvalue weighted by Crippen LogP contribution is -2.28. The molecule has 0 fully saturated rings. The molecule has 0 aliphatic rings. The van der Waals surface area contributed by atoms with Crippen molar-refractivity contribution in [2.24, 2.45) is 0 Å². The molecule has 124 valence electrons. The van der Waals surface area contributed by atoms with Crippen molar-refractivity contribution < 1.29 is 18.0 Å². The zero-order chi connectivity index (χ0) is 17.3. The normalized spacial score (nSPS) is 13.0. The van der Waals surface area contributed by atoms with Gasteiger partial charge in [-0.25, -0.2) is 0 Å². The molecule has 1 atom stereocenters. The number of amides is 1. The van der Waals surface area contributed by atoms with Crippen molar-refractivity contribution in [3.05, 3.63) is 65.6 Å². The van der Waals surface area contributed by atoms with Crippen LogP contribution in [0.15, 0.2) is 48.7 Å². The molecule has 2 heterocycles. The minimum Gasteiger partial charge on any atom is -0.342 e. The minimum atomic E-state index is -4.49. The number of halogens is 3. The molecule has 8 heteroatoms. The summed E-state index contributed by atoms with van der Waals surface area (Å²) in [6.45, 7) is 1.69. The predicted octanol–water partition coefficient (Wildman–Crippen LogP) is 3.24. The molecule has 3 aromatic rings. The van der Waals surface area contributed by atoms with Crippen LogP contribution in [0.3, 0.4) is 0 Å². The number of hydrogen-bond donors (Lipinski definition) is 1. The molecule has 5 nitrogen and oxygen atoms in total. The van der Waals surface area contributed by atoms with E-state index in [1.165, 1.54) is 12.1 Å². The maximum absolute atomic E-state index is 12.7. The van der Waals surface area contributed by atoms with Gasteiger partial charge in [0.15, 0.2) is 11.5 Å². The van der Waals surface area contributed by atoms with E-state index in [-0.39, 0.29) is 5.56 Å². The summed E-state index contributed by atoms with van der Waals surface area (Å²) in [5.74, 6) is -0.118. The van der Waals surface area contributed by atoms with Crippen molar-refractivity contribution in [1.29, 1.82) is 0 Å². The molecule has 0 spiro atoms. The summed E-state index contributed by atoms with van der Waals surface area (Å²) in [7, 11) is 0. The van der Waals surface area contributed by atoms with Crippen LogP contribution in [0.25, 0.3) is 5.65 Å². The first kappa shape index (κ1) is 16.0. The smallest absolute Gasteiger partial charge is 0.342 e. The summed E-state index contributed by atoms with van der Waals surface area (Å²) in [4.78, 5) is 12.2. The third-order valence-electron chi connectivity index (χ3n) is 3.53. The first-order valence-corrected chi connectivity index (χ1v) is 7.14. The molecule has 1 N–H and O–H groups in total. The van der Waals surface area contributed by atoms with E-state index in [0.717, 1.165) is 12.1 Å². The van der Waals surface area contributed by atoms with Gasteiger partial charge in [-0.2, -0.15) is 13.2 Å². The Labute approximate surface area is 135 Å². The Morgan fingerprint density at radius 3 is 2.71 bits per heavy atom. The van der Waals surface area contributed by atoms with Gasteiger partial charge in [-0.1, -0.05) is 12.1 Å². The highest BCUT2D eigenvalue weighted by molar-refractivity contribution is 5.94. The van der Waals surface area contributed by atoms with Gasteiger partial charge in [0.1, 0.15) is 0 Å². The highest BCUT2D eigenvalue weighted by Crippen LogP contribution is 2.29. The van der Waals surface area contributed by atoms with Crippen LogP contribution in [0.5, 0.6) is 0 Å². The highest BCUT2D eigenvalue weighted by Gasteiger charge is 2.31. The number of benzene rings is 1. The number of rotatable bonds is 3. The largest absolute Gasteiger partial charge is 0.416 e. The van der Waals surface area contributed by atoms with Gasteiger partial charge in [0.05, 0.1) is 11.6 Å². The molecule has 1 amide bonds. The summed E-state index contributed by atoms with van der Waals surface area (Å²) < 4.78 is 39.9. The van der Waals surface area contributed by atoms with Crippen LogP contribution in [0.2, 0.25) is 0 Å². The summed E-state index contributed by atoms with van der Waals surface area (Å²) in [6.07, 6.45) is -2.75. The standard InChI is InChI=1S/C16H13F3N4O/c1-10(14-22-21-13-7-2-3-8-23(13)14)20-15(24)11-5-4-6-12(9-11)16(17,18)19/h2-10H,1H3,(H,20,24)/t10-/m0/s1. The zero-order valence-electron chi connectivity index (χ0n) is 12.6. The van der Waals surface area contributed by atoms with Crippen molar-refractivity contribution in [2.45, 2.75) is 19.1 Å². The van der Waals surface area contributed by atoms with Gasteiger partial charge >= 0.3 is 6.18 Å². The Kier molecular flexibility index (Phi) is 3.96. The number of carbonyl (C=O) groups is 1. The topological polar surface area (TPSA) is 59.3 Å². The van der Waals surface area contributed by atoms with Crippen LogP contribution in [-0.4, -0.2) is 20.5 Å². The summed E-state index contributed by atoms with van der Waals surface area (Å²) in [5, 5.41) is 10.6. The Hall–Kier alpha value is -2.90. The van der Waals surface area contributed by atoms with E-state index in [1.54, 1.807) is 35.7 Å². The average Bonchev–Trinajstić information content (AvgIpc) is 2.98. The van der Waals surface area contributed by atoms with E-state index < -0.39 is 23.7 Å². The number of nitrogens with one attached hydrogen (secondary N) is 1. The van der Waals surface area contributed by atoms with Crippen LogP contribution in [0.1, 0.15) is 34.7 Å². The monoisotopic (exact) mass is 334 g/mol. The van der Waals surface area contributed by atoms with Gasteiger partial charge < -0.3 is 5.32 Å². The lowest BCUT2D eigenvalue weighted by molar-refractivity contribution is -0.137. The molecule has 0 saturated carbocycles. The molecular formula is C16H13F3N4O. The SMILES string of the molecule is C[C@H](NC(=O)c1cccc(C(F)(F)F)c1)c1nnc2ccccn12. The van der Waals surface area contributed by atoms with Gasteiger partial charge in [0.25, 0.3) is 5.91 Å². The van der Waals surface area contributed by atoms with Gasteiger partial charge in [-0.3, -0.25) is 9.20 Å². The van der Waals surface area contributed by atoms with Crippen LogP contribution >= 0.6 is 0 Å². The molecular weight excluding hydrogens is 321 g/mol. The molecule has 0 saturated heterocycles. The lowest BCUT2D eigenvalue weighted by atomic mass is 10.1. The maximum Gasteiger partial charge on any atom is 0.416 e. The van der Waals surface area contributed by atoms with E-state index in [0.29, 0.717) is 11.5 Å². The number of nitrogens with zero attached hydrogens (tertiary/aromatic N) is 3. The molecule has 3 rings (SSSR count). The Morgan fingerprint density at radius 2 is 1.96 bits per heavy atom.